The molecule has 1 aromatic carbocycles. The van der Waals surface area contributed by atoms with Gasteiger partial charge in [-0.25, -0.2) is 9.67 Å². The number of hydrogen-bond acceptors (Lipinski definition) is 3. The lowest BCUT2D eigenvalue weighted by atomic mass is 10.1. The predicted octanol–water partition coefficient (Wildman–Crippen LogP) is 4.05. The maximum atomic E-state index is 13.3. The molecule has 134 valence electrons. The average Bonchev–Trinajstić information content (AvgIpc) is 2.84. The van der Waals surface area contributed by atoms with Gasteiger partial charge >= 0.3 is 0 Å². The van der Waals surface area contributed by atoms with Crippen LogP contribution in [0.4, 0.5) is 0 Å². The van der Waals surface area contributed by atoms with E-state index in [4.69, 9.17) is 10.1 Å². The number of aryl methyl sites for hydroxylation is 2. The molecule has 0 N–H and O–H groups in total. The Morgan fingerprint density at radius 1 is 1.00 bits per heavy atom. The molecule has 5 heteroatoms. The molecule has 0 saturated carbocycles. The molecule has 1 aliphatic rings. The maximum absolute atomic E-state index is 13.3. The van der Waals surface area contributed by atoms with Crippen LogP contribution in [0.15, 0.2) is 36.4 Å². The Labute approximate surface area is 153 Å². The van der Waals surface area contributed by atoms with Crippen molar-refractivity contribution in [3.63, 3.8) is 0 Å². The fourth-order valence-electron chi connectivity index (χ4n) is 3.78. The van der Waals surface area contributed by atoms with Crippen LogP contribution in [0, 0.1) is 13.8 Å². The summed E-state index contributed by atoms with van der Waals surface area (Å²) in [5.74, 6) is 0.109. The number of hydrogen-bond donors (Lipinski definition) is 0. The average molecular weight is 348 g/mol. The molecule has 1 saturated heterocycles. The maximum Gasteiger partial charge on any atom is 0.254 e. The number of amides is 1. The molecule has 0 spiro atoms. The Morgan fingerprint density at radius 3 is 2.38 bits per heavy atom. The topological polar surface area (TPSA) is 51.0 Å². The van der Waals surface area contributed by atoms with Gasteiger partial charge in [-0.05, 0) is 44.9 Å². The fourth-order valence-corrected chi connectivity index (χ4v) is 3.78. The van der Waals surface area contributed by atoms with Crippen LogP contribution in [0.1, 0.15) is 47.4 Å². The highest BCUT2D eigenvalue weighted by atomic mass is 16.2. The first-order valence-electron chi connectivity index (χ1n) is 9.37. The van der Waals surface area contributed by atoms with Crippen molar-refractivity contribution in [2.75, 3.05) is 13.1 Å². The van der Waals surface area contributed by atoms with Gasteiger partial charge in [0.2, 0.25) is 0 Å². The van der Waals surface area contributed by atoms with Gasteiger partial charge in [-0.15, -0.1) is 0 Å². The van der Waals surface area contributed by atoms with Crippen molar-refractivity contribution in [3.8, 4) is 5.69 Å². The van der Waals surface area contributed by atoms with Gasteiger partial charge in [0.1, 0.15) is 0 Å². The number of aromatic nitrogens is 3. The third kappa shape index (κ3) is 2.98. The summed E-state index contributed by atoms with van der Waals surface area (Å²) in [6, 6.07) is 11.9. The number of rotatable bonds is 2. The normalized spacial score (nSPS) is 15.2. The minimum absolute atomic E-state index is 0.109. The molecular weight excluding hydrogens is 324 g/mol. The van der Waals surface area contributed by atoms with E-state index < -0.39 is 0 Å². The molecule has 4 rings (SSSR count). The molecule has 0 aliphatic carbocycles. The van der Waals surface area contributed by atoms with Crippen molar-refractivity contribution < 1.29 is 4.79 Å². The van der Waals surface area contributed by atoms with Gasteiger partial charge in [-0.3, -0.25) is 4.79 Å². The molecule has 1 fully saturated rings. The van der Waals surface area contributed by atoms with Gasteiger partial charge in [0.05, 0.1) is 22.3 Å². The standard InChI is InChI=1S/C21H24N4O/c1-15-14-18(21(26)24-12-8-3-4-9-13-24)19-16(2)23-25(20(19)22-15)17-10-6-5-7-11-17/h5-7,10-11,14H,3-4,8-9,12-13H2,1-2H3. The molecule has 0 atom stereocenters. The lowest BCUT2D eigenvalue weighted by Crippen LogP contribution is -2.32. The number of carbonyl (C=O) groups is 1. The van der Waals surface area contributed by atoms with Crippen LogP contribution in [0.2, 0.25) is 0 Å². The second-order valence-electron chi connectivity index (χ2n) is 7.05. The summed E-state index contributed by atoms with van der Waals surface area (Å²) < 4.78 is 1.84. The van der Waals surface area contributed by atoms with Crippen LogP contribution < -0.4 is 0 Å². The first-order chi connectivity index (χ1) is 12.6. The van der Waals surface area contributed by atoms with Crippen molar-refractivity contribution in [3.05, 3.63) is 53.3 Å². The van der Waals surface area contributed by atoms with Gasteiger partial charge < -0.3 is 4.90 Å². The van der Waals surface area contributed by atoms with E-state index in [-0.39, 0.29) is 5.91 Å². The monoisotopic (exact) mass is 348 g/mol. The number of likely N-dealkylation sites (tertiary alicyclic amines) is 1. The van der Waals surface area contributed by atoms with Gasteiger partial charge in [-0.2, -0.15) is 5.10 Å². The van der Waals surface area contributed by atoms with Crippen molar-refractivity contribution in [2.45, 2.75) is 39.5 Å². The van der Waals surface area contributed by atoms with Crippen LogP contribution in [0.5, 0.6) is 0 Å². The van der Waals surface area contributed by atoms with Crippen molar-refractivity contribution in [1.29, 1.82) is 0 Å². The van der Waals surface area contributed by atoms with Gasteiger partial charge in [-0.1, -0.05) is 31.0 Å². The van der Waals surface area contributed by atoms with Crippen molar-refractivity contribution in [2.24, 2.45) is 0 Å². The largest absolute Gasteiger partial charge is 0.339 e. The Hall–Kier alpha value is -2.69. The number of carbonyl (C=O) groups excluding carboxylic acids is 1. The first kappa shape index (κ1) is 16.8. The summed E-state index contributed by atoms with van der Waals surface area (Å²) in [7, 11) is 0. The van der Waals surface area contributed by atoms with E-state index in [0.717, 1.165) is 59.6 Å². The van der Waals surface area contributed by atoms with Crippen LogP contribution in [0.3, 0.4) is 0 Å². The third-order valence-corrected chi connectivity index (χ3v) is 5.07. The molecule has 0 unspecified atom stereocenters. The molecule has 5 nitrogen and oxygen atoms in total. The number of benzene rings is 1. The molecule has 1 aliphatic heterocycles. The summed E-state index contributed by atoms with van der Waals surface area (Å²) >= 11 is 0. The molecule has 3 heterocycles. The third-order valence-electron chi connectivity index (χ3n) is 5.07. The van der Waals surface area contributed by atoms with Crippen molar-refractivity contribution >= 4 is 16.9 Å². The number of fused-ring (bicyclic) bond motifs is 1. The quantitative estimate of drug-likeness (QED) is 0.702. The highest BCUT2D eigenvalue weighted by molar-refractivity contribution is 6.06. The predicted molar refractivity (Wildman–Crippen MR) is 103 cm³/mol. The number of pyridine rings is 1. The zero-order valence-corrected chi connectivity index (χ0v) is 15.4. The Morgan fingerprint density at radius 2 is 1.69 bits per heavy atom. The minimum Gasteiger partial charge on any atom is -0.339 e. The summed E-state index contributed by atoms with van der Waals surface area (Å²) in [5, 5.41) is 5.56. The molecule has 26 heavy (non-hydrogen) atoms. The van der Waals surface area contributed by atoms with Gasteiger partial charge in [0.15, 0.2) is 5.65 Å². The Bertz CT molecular complexity index is 938. The minimum atomic E-state index is 0.109. The van der Waals surface area contributed by atoms with E-state index in [0.29, 0.717) is 0 Å². The Balaban J connectivity index is 1.85. The Kier molecular flexibility index (Phi) is 4.45. The van der Waals surface area contributed by atoms with Gasteiger partial charge in [0, 0.05) is 18.8 Å². The van der Waals surface area contributed by atoms with E-state index in [1.807, 2.05) is 59.8 Å². The fraction of sp³-hybridized carbons (Fsp3) is 0.381. The summed E-state index contributed by atoms with van der Waals surface area (Å²) in [5.41, 5.74) is 4.13. The van der Waals surface area contributed by atoms with Crippen LogP contribution in [-0.2, 0) is 0 Å². The zero-order chi connectivity index (χ0) is 18.1. The smallest absolute Gasteiger partial charge is 0.254 e. The lowest BCUT2D eigenvalue weighted by Gasteiger charge is -2.21. The number of nitrogens with zero attached hydrogens (tertiary/aromatic N) is 4. The van der Waals surface area contributed by atoms with E-state index in [9.17, 15) is 4.79 Å². The van der Waals surface area contributed by atoms with E-state index in [1.165, 1.54) is 12.8 Å². The molecule has 2 aromatic heterocycles. The summed E-state index contributed by atoms with van der Waals surface area (Å²) in [6.45, 7) is 5.58. The molecule has 3 aromatic rings. The second kappa shape index (κ2) is 6.90. The number of para-hydroxylation sites is 1. The van der Waals surface area contributed by atoms with Crippen LogP contribution >= 0.6 is 0 Å². The molecule has 1 amide bonds. The van der Waals surface area contributed by atoms with E-state index in [2.05, 4.69) is 0 Å². The zero-order valence-electron chi connectivity index (χ0n) is 15.4. The van der Waals surface area contributed by atoms with Crippen LogP contribution in [-0.4, -0.2) is 38.7 Å². The highest BCUT2D eigenvalue weighted by Gasteiger charge is 2.23. The highest BCUT2D eigenvalue weighted by Crippen LogP contribution is 2.26. The van der Waals surface area contributed by atoms with Crippen molar-refractivity contribution in [1.82, 2.24) is 19.7 Å². The van der Waals surface area contributed by atoms with Gasteiger partial charge in [0.25, 0.3) is 5.91 Å². The first-order valence-corrected chi connectivity index (χ1v) is 9.37. The lowest BCUT2D eigenvalue weighted by molar-refractivity contribution is 0.0763. The van der Waals surface area contributed by atoms with E-state index >= 15 is 0 Å². The van der Waals surface area contributed by atoms with E-state index in [1.54, 1.807) is 0 Å². The molecule has 0 radical (unpaired) electrons. The van der Waals surface area contributed by atoms with Crippen LogP contribution in [0.25, 0.3) is 16.7 Å². The molecule has 0 bridgehead atoms. The SMILES string of the molecule is Cc1cc(C(=O)N2CCCCCC2)c2c(C)nn(-c3ccccc3)c2n1. The second-order valence-corrected chi connectivity index (χ2v) is 7.05. The molecular formula is C21H24N4O. The summed E-state index contributed by atoms with van der Waals surface area (Å²) in [6.07, 6.45) is 4.58. The summed E-state index contributed by atoms with van der Waals surface area (Å²) in [4.78, 5) is 20.0.